The van der Waals surface area contributed by atoms with Crippen molar-refractivity contribution in [2.75, 3.05) is 56.5 Å². The van der Waals surface area contributed by atoms with Crippen molar-refractivity contribution in [1.82, 2.24) is 25.0 Å². The molecule has 0 saturated carbocycles. The van der Waals surface area contributed by atoms with Crippen LogP contribution >= 0.6 is 11.6 Å². The van der Waals surface area contributed by atoms with Crippen molar-refractivity contribution in [3.63, 3.8) is 0 Å². The number of hydrogen-bond acceptors (Lipinski definition) is 8. The summed E-state index contributed by atoms with van der Waals surface area (Å²) in [5.74, 6) is 1.05. The Morgan fingerprint density at radius 3 is 2.58 bits per heavy atom. The SMILES string of the molecule is Nc1nc(N2CCC(N3C[C@H](CN4CCC(O)C4)OC[C@@H]3Cc3ccc(Cl)cc3)CC2)n[nH]1. The topological polar surface area (TPSA) is 107 Å². The number of ether oxygens (including phenoxy) is 1. The van der Waals surface area contributed by atoms with E-state index < -0.39 is 0 Å². The van der Waals surface area contributed by atoms with Gasteiger partial charge in [0.05, 0.1) is 18.8 Å². The fourth-order valence-electron chi connectivity index (χ4n) is 5.48. The monoisotopic (exact) mass is 475 g/mol. The molecule has 5 rings (SSSR count). The molecule has 33 heavy (non-hydrogen) atoms. The van der Waals surface area contributed by atoms with Gasteiger partial charge in [0.15, 0.2) is 0 Å². The molecule has 2 aromatic rings. The van der Waals surface area contributed by atoms with Gasteiger partial charge in [-0.2, -0.15) is 4.98 Å². The second-order valence-electron chi connectivity index (χ2n) is 9.58. The number of hydrogen-bond donors (Lipinski definition) is 3. The number of aliphatic hydroxyl groups excluding tert-OH is 1. The van der Waals surface area contributed by atoms with Crippen molar-refractivity contribution in [1.29, 1.82) is 0 Å². The Morgan fingerprint density at radius 1 is 1.12 bits per heavy atom. The number of benzene rings is 1. The van der Waals surface area contributed by atoms with E-state index in [1.807, 2.05) is 12.1 Å². The summed E-state index contributed by atoms with van der Waals surface area (Å²) in [7, 11) is 0. The van der Waals surface area contributed by atoms with Gasteiger partial charge in [-0.05, 0) is 43.4 Å². The summed E-state index contributed by atoms with van der Waals surface area (Å²) in [6.07, 6.45) is 3.89. The van der Waals surface area contributed by atoms with Crippen LogP contribution in [0.2, 0.25) is 5.02 Å². The van der Waals surface area contributed by atoms with Gasteiger partial charge in [0.25, 0.3) is 0 Å². The number of likely N-dealkylation sites (tertiary alicyclic amines) is 1. The summed E-state index contributed by atoms with van der Waals surface area (Å²) >= 11 is 6.10. The highest BCUT2D eigenvalue weighted by Crippen LogP contribution is 2.27. The van der Waals surface area contributed by atoms with Gasteiger partial charge in [0.1, 0.15) is 0 Å². The number of β-amino-alcohol motifs (C(OH)–C–C–N with tert-alkyl or cyclic N) is 1. The van der Waals surface area contributed by atoms with E-state index in [0.717, 1.165) is 76.6 Å². The first kappa shape index (κ1) is 22.9. The van der Waals surface area contributed by atoms with Crippen LogP contribution in [0.15, 0.2) is 24.3 Å². The molecular weight excluding hydrogens is 442 g/mol. The Kier molecular flexibility index (Phi) is 7.03. The molecule has 10 heteroatoms. The third-order valence-corrected chi connectivity index (χ3v) is 7.46. The van der Waals surface area contributed by atoms with Crippen molar-refractivity contribution in [2.45, 2.75) is 50.0 Å². The standard InChI is InChI=1S/C23H34ClN7O2/c24-17-3-1-16(2-4-17)11-19-15-33-21(13-29-8-7-20(32)12-29)14-31(19)18-5-9-30(10-6-18)23-26-22(25)27-28-23/h1-4,18-21,32H,5-15H2,(H3,25,26,27,28)/t19-,20?,21-/m0/s1. The molecule has 4 heterocycles. The first-order valence-corrected chi connectivity index (χ1v) is 12.4. The molecule has 3 atom stereocenters. The van der Waals surface area contributed by atoms with Crippen LogP contribution < -0.4 is 10.6 Å². The zero-order valence-electron chi connectivity index (χ0n) is 18.9. The lowest BCUT2D eigenvalue weighted by Crippen LogP contribution is -2.58. The van der Waals surface area contributed by atoms with Gasteiger partial charge in [-0.25, -0.2) is 5.10 Å². The highest BCUT2D eigenvalue weighted by Gasteiger charge is 2.37. The third kappa shape index (κ3) is 5.60. The molecule has 0 bridgehead atoms. The van der Waals surface area contributed by atoms with Gasteiger partial charge >= 0.3 is 0 Å². The van der Waals surface area contributed by atoms with E-state index >= 15 is 0 Å². The first-order valence-electron chi connectivity index (χ1n) is 12.0. The fourth-order valence-corrected chi connectivity index (χ4v) is 5.60. The Hall–Kier alpha value is -1.91. The number of nitrogens with two attached hydrogens (primary N) is 1. The number of aromatic nitrogens is 3. The molecule has 1 unspecified atom stereocenters. The molecule has 3 fully saturated rings. The second kappa shape index (κ2) is 10.1. The number of rotatable bonds is 6. The zero-order chi connectivity index (χ0) is 22.8. The number of nitrogens with zero attached hydrogens (tertiary/aromatic N) is 5. The molecule has 9 nitrogen and oxygen atoms in total. The first-order chi connectivity index (χ1) is 16.0. The Morgan fingerprint density at radius 2 is 1.91 bits per heavy atom. The Labute approximate surface area is 199 Å². The molecular formula is C23H34ClN7O2. The highest BCUT2D eigenvalue weighted by molar-refractivity contribution is 6.30. The maximum Gasteiger partial charge on any atom is 0.246 e. The van der Waals surface area contributed by atoms with Gasteiger partial charge in [-0.15, -0.1) is 5.10 Å². The van der Waals surface area contributed by atoms with E-state index in [1.165, 1.54) is 5.56 Å². The van der Waals surface area contributed by atoms with Crippen molar-refractivity contribution in [3.05, 3.63) is 34.9 Å². The number of aliphatic hydroxyl groups is 1. The summed E-state index contributed by atoms with van der Waals surface area (Å²) in [5, 5.41) is 17.6. The van der Waals surface area contributed by atoms with E-state index in [9.17, 15) is 5.11 Å². The van der Waals surface area contributed by atoms with Crippen LogP contribution in [0.3, 0.4) is 0 Å². The van der Waals surface area contributed by atoms with Gasteiger partial charge < -0.3 is 20.5 Å². The van der Waals surface area contributed by atoms with Crippen LogP contribution in [0.5, 0.6) is 0 Å². The molecule has 1 aromatic carbocycles. The molecule has 0 amide bonds. The van der Waals surface area contributed by atoms with Crippen LogP contribution in [0.4, 0.5) is 11.9 Å². The molecule has 0 spiro atoms. The summed E-state index contributed by atoms with van der Waals surface area (Å²) in [6, 6.07) is 9.00. The zero-order valence-corrected chi connectivity index (χ0v) is 19.7. The maximum atomic E-state index is 9.90. The van der Waals surface area contributed by atoms with Crippen LogP contribution in [-0.2, 0) is 11.2 Å². The number of piperidine rings is 1. The summed E-state index contributed by atoms with van der Waals surface area (Å²) in [5.41, 5.74) is 7.00. The third-order valence-electron chi connectivity index (χ3n) is 7.21. The smallest absolute Gasteiger partial charge is 0.246 e. The van der Waals surface area contributed by atoms with E-state index in [4.69, 9.17) is 22.1 Å². The number of morpholine rings is 1. The van der Waals surface area contributed by atoms with Crippen LogP contribution in [0.25, 0.3) is 0 Å². The van der Waals surface area contributed by atoms with Crippen LogP contribution in [-0.4, -0.2) is 100 Å². The molecule has 3 saturated heterocycles. The van der Waals surface area contributed by atoms with E-state index in [1.54, 1.807) is 0 Å². The van der Waals surface area contributed by atoms with Crippen molar-refractivity contribution >= 4 is 23.5 Å². The largest absolute Gasteiger partial charge is 0.392 e. The molecule has 0 aliphatic carbocycles. The minimum Gasteiger partial charge on any atom is -0.392 e. The minimum atomic E-state index is -0.198. The fraction of sp³-hybridized carbons (Fsp3) is 0.652. The molecule has 0 radical (unpaired) electrons. The van der Waals surface area contributed by atoms with Crippen molar-refractivity contribution in [2.24, 2.45) is 0 Å². The molecule has 3 aliphatic heterocycles. The maximum absolute atomic E-state index is 9.90. The molecule has 4 N–H and O–H groups in total. The number of nitrogen functional groups attached to an aromatic ring is 1. The average Bonchev–Trinajstić information content (AvgIpc) is 3.44. The van der Waals surface area contributed by atoms with Gasteiger partial charge in [-0.1, -0.05) is 23.7 Å². The van der Waals surface area contributed by atoms with Crippen LogP contribution in [0, 0.1) is 0 Å². The summed E-state index contributed by atoms with van der Waals surface area (Å²) in [6.45, 7) is 6.06. The highest BCUT2D eigenvalue weighted by atomic mass is 35.5. The number of anilines is 2. The lowest BCUT2D eigenvalue weighted by atomic mass is 9.96. The van der Waals surface area contributed by atoms with E-state index in [0.29, 0.717) is 24.0 Å². The van der Waals surface area contributed by atoms with Gasteiger partial charge in [0.2, 0.25) is 11.9 Å². The molecule has 1 aromatic heterocycles. The lowest BCUT2D eigenvalue weighted by Gasteiger charge is -2.47. The van der Waals surface area contributed by atoms with E-state index in [2.05, 4.69) is 42.0 Å². The number of H-pyrrole nitrogens is 1. The lowest BCUT2D eigenvalue weighted by molar-refractivity contribution is -0.0901. The quantitative estimate of drug-likeness (QED) is 0.575. The van der Waals surface area contributed by atoms with E-state index in [-0.39, 0.29) is 12.2 Å². The predicted octanol–water partition coefficient (Wildman–Crippen LogP) is 1.39. The summed E-state index contributed by atoms with van der Waals surface area (Å²) < 4.78 is 6.36. The van der Waals surface area contributed by atoms with Crippen molar-refractivity contribution in [3.8, 4) is 0 Å². The Bertz CT molecular complexity index is 902. The molecule has 3 aliphatic rings. The molecule has 180 valence electrons. The second-order valence-corrected chi connectivity index (χ2v) is 10.0. The average molecular weight is 476 g/mol. The van der Waals surface area contributed by atoms with Gasteiger partial charge in [0, 0.05) is 56.4 Å². The van der Waals surface area contributed by atoms with Gasteiger partial charge in [-0.3, -0.25) is 9.80 Å². The number of halogens is 1. The minimum absolute atomic E-state index is 0.169. The number of nitrogens with one attached hydrogen (secondary N) is 1. The van der Waals surface area contributed by atoms with Crippen molar-refractivity contribution < 1.29 is 9.84 Å². The normalized spacial score (nSPS) is 27.9. The van der Waals surface area contributed by atoms with Crippen LogP contribution in [0.1, 0.15) is 24.8 Å². The predicted molar refractivity (Wildman–Crippen MR) is 128 cm³/mol. The summed E-state index contributed by atoms with van der Waals surface area (Å²) in [4.78, 5) is 11.5. The number of aromatic amines is 1. The Balaban J connectivity index is 1.25.